The van der Waals surface area contributed by atoms with Gasteiger partial charge in [-0.1, -0.05) is 39.8 Å². The number of alkyl carbamates (subject to hydrolysis) is 1. The van der Waals surface area contributed by atoms with E-state index in [1.807, 2.05) is 20.8 Å². The average molecular weight is 859 g/mol. The molecule has 0 bridgehead atoms. The summed E-state index contributed by atoms with van der Waals surface area (Å²) in [5.41, 5.74) is -1.84. The minimum absolute atomic E-state index is 0.0466. The number of rotatable bonds is 22. The zero-order chi connectivity index (χ0) is 44.1. The van der Waals surface area contributed by atoms with Crippen molar-refractivity contribution < 1.29 is 84.8 Å². The number of esters is 2. The minimum atomic E-state index is -4.55. The fraction of sp³-hybridized carbons (Fsp3) is 0.812. The van der Waals surface area contributed by atoms with Crippen LogP contribution in [0.5, 0.6) is 0 Å². The summed E-state index contributed by atoms with van der Waals surface area (Å²) in [5, 5.41) is 5.07. The molecule has 0 rings (SSSR count). The molecule has 0 heterocycles. The van der Waals surface area contributed by atoms with Crippen LogP contribution >= 0.6 is 15.2 Å². The summed E-state index contributed by atoms with van der Waals surface area (Å²) < 4.78 is 66.3. The molecule has 0 fully saturated rings. The molecule has 23 heteroatoms. The van der Waals surface area contributed by atoms with Gasteiger partial charge in [0.2, 0.25) is 5.91 Å². The number of methoxy groups -OCH3 is 1. The van der Waals surface area contributed by atoms with Crippen molar-refractivity contribution in [3.05, 3.63) is 12.2 Å². The van der Waals surface area contributed by atoms with E-state index < -0.39 is 83.9 Å². The summed E-state index contributed by atoms with van der Waals surface area (Å²) in [7, 11) is -11.9. The molecular weight excluding hydrogens is 794 g/mol. The molecule has 7 N–H and O–H groups in total. The maximum Gasteiger partial charge on any atom is 0.407 e. The molecule has 20 nitrogen and oxygen atoms in total. The Labute approximate surface area is 324 Å². The van der Waals surface area contributed by atoms with Crippen molar-refractivity contribution in [2.24, 2.45) is 16.7 Å². The molecule has 2 amide bonds. The van der Waals surface area contributed by atoms with E-state index in [-0.39, 0.29) is 31.6 Å². The van der Waals surface area contributed by atoms with Gasteiger partial charge in [0.1, 0.15) is 19.3 Å². The minimum Gasteiger partial charge on any atom is -0.469 e. The molecule has 0 aromatic rings. The van der Waals surface area contributed by atoms with Crippen LogP contribution in [0.3, 0.4) is 0 Å². The number of hydrogen-bond donors (Lipinski definition) is 7. The number of ether oxygens (including phenoxy) is 3. The van der Waals surface area contributed by atoms with Gasteiger partial charge in [-0.05, 0) is 60.8 Å². The van der Waals surface area contributed by atoms with Crippen LogP contribution in [0, 0.1) is 16.7 Å². The largest absolute Gasteiger partial charge is 0.469 e. The first-order valence-corrected chi connectivity index (χ1v) is 22.3. The van der Waals surface area contributed by atoms with Crippen molar-refractivity contribution in [3.63, 3.8) is 0 Å². The van der Waals surface area contributed by atoms with Gasteiger partial charge < -0.3 is 44.4 Å². The number of carbonyl (C=O) groups excluding carboxylic acids is 4. The Balaban J connectivity index is -0.000000748. The second-order valence-electron chi connectivity index (χ2n) is 14.3. The lowest BCUT2D eigenvalue weighted by atomic mass is 9.89. The Bertz CT molecular complexity index is 1400. The third-order valence-electron chi connectivity index (χ3n) is 7.48. The monoisotopic (exact) mass is 858 g/mol. The van der Waals surface area contributed by atoms with Crippen LogP contribution in [-0.4, -0.2) is 120 Å². The maximum absolute atomic E-state index is 11.7. The highest BCUT2D eigenvalue weighted by Gasteiger charge is 2.36. The van der Waals surface area contributed by atoms with Crippen molar-refractivity contribution in [3.8, 4) is 0 Å². The summed E-state index contributed by atoms with van der Waals surface area (Å²) in [4.78, 5) is 91.2. The summed E-state index contributed by atoms with van der Waals surface area (Å²) >= 11 is 0. The van der Waals surface area contributed by atoms with Crippen LogP contribution in [0.1, 0.15) is 88.5 Å². The van der Waals surface area contributed by atoms with Crippen LogP contribution in [0.25, 0.3) is 0 Å². The second kappa shape index (κ2) is 25.7. The quantitative estimate of drug-likeness (QED) is 0.0120. The van der Waals surface area contributed by atoms with E-state index in [2.05, 4.69) is 21.9 Å². The summed E-state index contributed by atoms with van der Waals surface area (Å²) in [6.45, 7) is 21.3. The van der Waals surface area contributed by atoms with Gasteiger partial charge in [-0.25, -0.2) is 14.6 Å². The van der Waals surface area contributed by atoms with Gasteiger partial charge in [0.15, 0.2) is 0 Å². The summed E-state index contributed by atoms with van der Waals surface area (Å²) in [6, 6.07) is 0. The molecule has 0 aliphatic carbocycles. The molecule has 0 aromatic heterocycles. The third kappa shape index (κ3) is 31.3. The molecule has 0 saturated carbocycles. The molecule has 0 aliphatic rings. The molecule has 0 aromatic carbocycles. The number of amides is 2. The van der Waals surface area contributed by atoms with Crippen LogP contribution in [0.15, 0.2) is 12.2 Å². The van der Waals surface area contributed by atoms with Crippen molar-refractivity contribution >= 4 is 49.2 Å². The molecule has 0 aliphatic heterocycles. The van der Waals surface area contributed by atoms with Crippen LogP contribution in [-0.2, 0) is 57.6 Å². The van der Waals surface area contributed by atoms with E-state index in [4.69, 9.17) is 43.4 Å². The Kier molecular flexibility index (Phi) is 26.6. The lowest BCUT2D eigenvalue weighted by Gasteiger charge is -2.26. The van der Waals surface area contributed by atoms with Crippen molar-refractivity contribution in [2.75, 3.05) is 51.6 Å². The first-order chi connectivity index (χ1) is 24.7. The van der Waals surface area contributed by atoms with E-state index >= 15 is 0 Å². The average Bonchev–Trinajstić information content (AvgIpc) is 3.01. The van der Waals surface area contributed by atoms with Gasteiger partial charge in [-0.2, -0.15) is 8.42 Å². The first-order valence-electron chi connectivity index (χ1n) is 17.1. The lowest BCUT2D eigenvalue weighted by molar-refractivity contribution is -0.286. The SMILES string of the molecule is C=C(C)COOCCNC(=O)OCC(C)(CC)C(=O)OC.CCC(C)(C)C(=O)OC(CP(=O)(O)O)CP(=O)(O)O.CCC(C)C(=O)NC(C)(C)CS(=O)(=O)O. The van der Waals surface area contributed by atoms with Crippen molar-refractivity contribution in [1.29, 1.82) is 0 Å². The van der Waals surface area contributed by atoms with Gasteiger partial charge in [-0.3, -0.25) is 28.1 Å². The lowest BCUT2D eigenvalue weighted by Crippen LogP contribution is -2.49. The van der Waals surface area contributed by atoms with Gasteiger partial charge in [-0.15, -0.1) is 0 Å². The fourth-order valence-electron chi connectivity index (χ4n) is 3.48. The predicted octanol–water partition coefficient (Wildman–Crippen LogP) is 3.33. The zero-order valence-corrected chi connectivity index (χ0v) is 36.4. The van der Waals surface area contributed by atoms with Crippen LogP contribution < -0.4 is 10.6 Å². The highest BCUT2D eigenvalue weighted by Crippen LogP contribution is 2.42. The van der Waals surface area contributed by atoms with Crippen LogP contribution in [0.2, 0.25) is 0 Å². The van der Waals surface area contributed by atoms with Gasteiger partial charge in [0.25, 0.3) is 10.1 Å². The third-order valence-corrected chi connectivity index (χ3v) is 10.3. The molecule has 2 unspecified atom stereocenters. The molecule has 326 valence electrons. The molecule has 0 saturated heterocycles. The fourth-order valence-corrected chi connectivity index (χ4v) is 6.13. The van der Waals surface area contributed by atoms with Gasteiger partial charge in [0.05, 0.1) is 48.2 Å². The highest BCUT2D eigenvalue weighted by atomic mass is 32.2. The van der Waals surface area contributed by atoms with Gasteiger partial charge in [0, 0.05) is 12.5 Å². The number of nitrogens with one attached hydrogen (secondary N) is 2. The normalized spacial score (nSPS) is 13.8. The second-order valence-corrected chi connectivity index (χ2v) is 19.2. The van der Waals surface area contributed by atoms with Crippen LogP contribution in [0.4, 0.5) is 4.79 Å². The Morgan fingerprint density at radius 2 is 1.38 bits per heavy atom. The number of hydrogen-bond acceptors (Lipinski definition) is 13. The molecule has 2 atom stereocenters. The van der Waals surface area contributed by atoms with Gasteiger partial charge >= 0.3 is 33.2 Å². The van der Waals surface area contributed by atoms with E-state index in [0.717, 1.165) is 5.57 Å². The maximum atomic E-state index is 11.7. The van der Waals surface area contributed by atoms with E-state index in [0.29, 0.717) is 25.9 Å². The van der Waals surface area contributed by atoms with Crippen molar-refractivity contribution in [2.45, 2.75) is 100 Å². The number of carbonyl (C=O) groups is 4. The highest BCUT2D eigenvalue weighted by molar-refractivity contribution is 7.85. The molecule has 0 radical (unpaired) electrons. The molecular formula is C32H64N2O18P2S. The molecule has 55 heavy (non-hydrogen) atoms. The Morgan fingerprint density at radius 1 is 0.873 bits per heavy atom. The Morgan fingerprint density at radius 3 is 1.76 bits per heavy atom. The van der Waals surface area contributed by atoms with E-state index in [1.54, 1.807) is 48.5 Å². The first kappa shape index (κ1) is 56.9. The predicted molar refractivity (Wildman–Crippen MR) is 202 cm³/mol. The van der Waals surface area contributed by atoms with E-state index in [9.17, 15) is 36.7 Å². The topological polar surface area (TPSA) is 308 Å². The summed E-state index contributed by atoms with van der Waals surface area (Å²) in [5.74, 6) is -2.00. The zero-order valence-electron chi connectivity index (χ0n) is 33.8. The smallest absolute Gasteiger partial charge is 0.407 e. The summed E-state index contributed by atoms with van der Waals surface area (Å²) in [6.07, 6.45) is -2.35. The molecule has 0 spiro atoms. The van der Waals surface area contributed by atoms with E-state index in [1.165, 1.54) is 7.11 Å². The standard InChI is InChI=1S/C14H25NO6.C9H19NO4S.C9H20O8P2/c1-6-14(4,12(16)18-5)10-19-13(17)15-7-8-20-21-9-11(2)3;1-5-7(2)8(11)10-9(3,4)6-15(12,13)14;1-4-9(2,3)8(10)17-7(5-18(11,12)13)6-19(14,15)16/h2,6-10H2,1,3-5H3,(H,15,17);7H,5-6H2,1-4H3,(H,10,11)(H,12,13,14);7H,4-6H2,1-3H3,(H2,11,12,13)(H2,14,15,16). The van der Waals surface area contributed by atoms with Crippen molar-refractivity contribution in [1.82, 2.24) is 10.6 Å². The Hall–Kier alpha value is -2.45.